The summed E-state index contributed by atoms with van der Waals surface area (Å²) in [7, 11) is 1.19. The second kappa shape index (κ2) is 5.88. The van der Waals surface area contributed by atoms with Crippen molar-refractivity contribution in [1.82, 2.24) is 9.80 Å². The van der Waals surface area contributed by atoms with E-state index in [1.807, 2.05) is 0 Å². The highest BCUT2D eigenvalue weighted by atomic mass is 16.2. The number of Topliss-reactive ketones (excluding diaryl/α,β-unsaturated/α-hetero) is 1. The summed E-state index contributed by atoms with van der Waals surface area (Å²) < 4.78 is 0. The number of carbonyl (C=O) groups is 5. The van der Waals surface area contributed by atoms with Gasteiger partial charge in [0.05, 0.1) is 6.54 Å². The van der Waals surface area contributed by atoms with Crippen LogP contribution in [-0.2, 0) is 14.4 Å². The zero-order valence-electron chi connectivity index (χ0n) is 13.0. The van der Waals surface area contributed by atoms with Crippen LogP contribution in [0.3, 0.4) is 0 Å². The number of nitrogens with zero attached hydrogens (tertiary/aromatic N) is 3. The van der Waals surface area contributed by atoms with Crippen LogP contribution in [0, 0.1) is 0 Å². The number of rotatable bonds is 4. The first-order valence-electron chi connectivity index (χ1n) is 7.47. The summed E-state index contributed by atoms with van der Waals surface area (Å²) in [6.07, 6.45) is 1.32. The first-order chi connectivity index (χ1) is 11.4. The van der Waals surface area contributed by atoms with Crippen LogP contribution in [0.25, 0.3) is 0 Å². The van der Waals surface area contributed by atoms with Gasteiger partial charge in [0.15, 0.2) is 5.78 Å². The van der Waals surface area contributed by atoms with Gasteiger partial charge in [-0.2, -0.15) is 0 Å². The van der Waals surface area contributed by atoms with Crippen molar-refractivity contribution in [3.63, 3.8) is 0 Å². The van der Waals surface area contributed by atoms with Crippen LogP contribution in [0.5, 0.6) is 0 Å². The Morgan fingerprint density at radius 3 is 2.21 bits per heavy atom. The van der Waals surface area contributed by atoms with Crippen LogP contribution in [0.2, 0.25) is 0 Å². The fourth-order valence-corrected chi connectivity index (χ4v) is 2.74. The van der Waals surface area contributed by atoms with Gasteiger partial charge in [-0.25, -0.2) is 9.69 Å². The SMILES string of the molecule is CN1C(=O)C(=O)N(CC(=O)c2ccc(N3CCCC3=O)cc2)C1=O. The molecule has 2 fully saturated rings. The molecule has 2 heterocycles. The van der Waals surface area contributed by atoms with Crippen LogP contribution in [-0.4, -0.2) is 59.5 Å². The van der Waals surface area contributed by atoms with Crippen molar-refractivity contribution in [3.8, 4) is 0 Å². The lowest BCUT2D eigenvalue weighted by atomic mass is 10.1. The smallest absolute Gasteiger partial charge is 0.312 e. The van der Waals surface area contributed by atoms with E-state index in [1.165, 1.54) is 7.05 Å². The van der Waals surface area contributed by atoms with Crippen LogP contribution in [0.15, 0.2) is 24.3 Å². The Morgan fingerprint density at radius 2 is 1.71 bits per heavy atom. The van der Waals surface area contributed by atoms with E-state index in [9.17, 15) is 24.0 Å². The lowest BCUT2D eigenvalue weighted by Crippen LogP contribution is -2.36. The molecule has 0 aliphatic carbocycles. The van der Waals surface area contributed by atoms with Gasteiger partial charge >= 0.3 is 17.8 Å². The quantitative estimate of drug-likeness (QED) is 0.453. The van der Waals surface area contributed by atoms with E-state index in [0.29, 0.717) is 34.0 Å². The molecule has 24 heavy (non-hydrogen) atoms. The normalized spacial score (nSPS) is 18.1. The molecule has 1 aromatic rings. The molecule has 5 amide bonds. The lowest BCUT2D eigenvalue weighted by Gasteiger charge is -2.16. The number of amides is 5. The first-order valence-corrected chi connectivity index (χ1v) is 7.47. The van der Waals surface area contributed by atoms with Crippen molar-refractivity contribution in [2.24, 2.45) is 0 Å². The minimum atomic E-state index is -1.00. The van der Waals surface area contributed by atoms with Gasteiger partial charge in [-0.05, 0) is 30.7 Å². The van der Waals surface area contributed by atoms with Crippen LogP contribution < -0.4 is 4.90 Å². The third-order valence-corrected chi connectivity index (χ3v) is 4.13. The van der Waals surface area contributed by atoms with Gasteiger partial charge in [-0.3, -0.25) is 24.1 Å². The molecule has 0 aromatic heterocycles. The third-order valence-electron chi connectivity index (χ3n) is 4.13. The van der Waals surface area contributed by atoms with Crippen LogP contribution in [0.4, 0.5) is 10.5 Å². The number of hydrogen-bond donors (Lipinski definition) is 0. The Hall–Kier alpha value is -3.03. The summed E-state index contributed by atoms with van der Waals surface area (Å²) in [4.78, 5) is 61.8. The highest BCUT2D eigenvalue weighted by Crippen LogP contribution is 2.22. The summed E-state index contributed by atoms with van der Waals surface area (Å²) in [5, 5.41) is 0. The molecule has 0 saturated carbocycles. The van der Waals surface area contributed by atoms with Crippen molar-refractivity contribution in [3.05, 3.63) is 29.8 Å². The van der Waals surface area contributed by atoms with Gasteiger partial charge in [0.1, 0.15) is 0 Å². The molecule has 0 unspecified atom stereocenters. The highest BCUT2D eigenvalue weighted by molar-refractivity contribution is 6.45. The average molecular weight is 329 g/mol. The van der Waals surface area contributed by atoms with E-state index in [1.54, 1.807) is 29.2 Å². The van der Waals surface area contributed by atoms with E-state index in [2.05, 4.69) is 0 Å². The fourth-order valence-electron chi connectivity index (χ4n) is 2.74. The summed E-state index contributed by atoms with van der Waals surface area (Å²) in [5.41, 5.74) is 1.00. The monoisotopic (exact) mass is 329 g/mol. The first kappa shape index (κ1) is 15.9. The maximum absolute atomic E-state index is 12.2. The standard InChI is InChI=1S/C16H15N3O5/c1-17-14(22)15(23)19(16(17)24)9-12(20)10-4-6-11(7-5-10)18-8-2-3-13(18)21/h4-7H,2-3,8-9H2,1H3. The van der Waals surface area contributed by atoms with E-state index >= 15 is 0 Å². The van der Waals surface area contributed by atoms with Crippen molar-refractivity contribution in [1.29, 1.82) is 0 Å². The maximum atomic E-state index is 12.2. The summed E-state index contributed by atoms with van der Waals surface area (Å²) >= 11 is 0. The van der Waals surface area contributed by atoms with Crippen molar-refractivity contribution in [2.45, 2.75) is 12.8 Å². The predicted octanol–water partition coefficient (Wildman–Crippen LogP) is 0.417. The molecular weight excluding hydrogens is 314 g/mol. The molecule has 124 valence electrons. The molecule has 0 radical (unpaired) electrons. The second-order valence-corrected chi connectivity index (χ2v) is 5.66. The average Bonchev–Trinajstić information content (AvgIpc) is 3.09. The van der Waals surface area contributed by atoms with Gasteiger partial charge in [0.2, 0.25) is 5.91 Å². The maximum Gasteiger partial charge on any atom is 0.334 e. The van der Waals surface area contributed by atoms with Crippen molar-refractivity contribution < 1.29 is 24.0 Å². The second-order valence-electron chi connectivity index (χ2n) is 5.66. The molecule has 2 saturated heterocycles. The summed E-state index contributed by atoms with van der Waals surface area (Å²) in [6.45, 7) is 0.160. The zero-order valence-corrected chi connectivity index (χ0v) is 13.0. The van der Waals surface area contributed by atoms with Gasteiger partial charge in [0.25, 0.3) is 0 Å². The Morgan fingerprint density at radius 1 is 1.04 bits per heavy atom. The number of urea groups is 1. The molecule has 8 nitrogen and oxygen atoms in total. The number of imide groups is 2. The Balaban J connectivity index is 1.72. The molecule has 0 N–H and O–H groups in total. The van der Waals surface area contributed by atoms with Crippen LogP contribution in [0.1, 0.15) is 23.2 Å². The van der Waals surface area contributed by atoms with E-state index in [4.69, 9.17) is 0 Å². The molecule has 8 heteroatoms. The Kier molecular flexibility index (Phi) is 3.88. The topological polar surface area (TPSA) is 95.1 Å². The number of likely N-dealkylation sites (N-methyl/N-ethyl adjacent to an activating group) is 1. The van der Waals surface area contributed by atoms with Crippen molar-refractivity contribution in [2.75, 3.05) is 25.0 Å². The van der Waals surface area contributed by atoms with Gasteiger partial charge in [-0.1, -0.05) is 0 Å². The van der Waals surface area contributed by atoms with Crippen molar-refractivity contribution >= 4 is 35.2 Å². The zero-order chi connectivity index (χ0) is 17.4. The Bertz CT molecular complexity index is 755. The number of ketones is 1. The van der Waals surface area contributed by atoms with E-state index < -0.39 is 30.2 Å². The van der Waals surface area contributed by atoms with Crippen LogP contribution >= 0.6 is 0 Å². The summed E-state index contributed by atoms with van der Waals surface area (Å²) in [5.74, 6) is -2.37. The minimum absolute atomic E-state index is 0.0453. The predicted molar refractivity (Wildman–Crippen MR) is 82.2 cm³/mol. The number of carbonyl (C=O) groups excluding carboxylic acids is 5. The largest absolute Gasteiger partial charge is 0.334 e. The van der Waals surface area contributed by atoms with E-state index in [-0.39, 0.29) is 5.91 Å². The molecule has 1 aromatic carbocycles. The van der Waals surface area contributed by atoms with Gasteiger partial charge < -0.3 is 4.90 Å². The number of anilines is 1. The molecule has 0 bridgehead atoms. The molecule has 2 aliphatic rings. The number of hydrogen-bond acceptors (Lipinski definition) is 5. The molecule has 3 rings (SSSR count). The Labute approximate surface area is 137 Å². The molecule has 0 atom stereocenters. The van der Waals surface area contributed by atoms with Gasteiger partial charge in [-0.15, -0.1) is 0 Å². The molecule has 0 spiro atoms. The van der Waals surface area contributed by atoms with E-state index in [0.717, 1.165) is 6.42 Å². The van der Waals surface area contributed by atoms with Gasteiger partial charge in [0, 0.05) is 31.3 Å². The lowest BCUT2D eigenvalue weighted by molar-refractivity contribution is -0.142. The highest BCUT2D eigenvalue weighted by Gasteiger charge is 2.43. The molecular formula is C16H15N3O5. The third kappa shape index (κ3) is 2.55. The minimum Gasteiger partial charge on any atom is -0.312 e. The molecule has 2 aliphatic heterocycles. The fraction of sp³-hybridized carbons (Fsp3) is 0.312. The number of benzene rings is 1. The summed E-state index contributed by atoms with van der Waals surface area (Å²) in [6, 6.07) is 5.58.